The van der Waals surface area contributed by atoms with Crippen LogP contribution in [0.2, 0.25) is 0 Å². The number of nitrogens with one attached hydrogen (secondary N) is 2. The number of amides is 2. The zero-order chi connectivity index (χ0) is 20.1. The summed E-state index contributed by atoms with van der Waals surface area (Å²) in [5, 5.41) is 11.4. The highest BCUT2D eigenvalue weighted by Crippen LogP contribution is 2.21. The molecule has 0 aliphatic heterocycles. The molecule has 0 spiro atoms. The highest BCUT2D eigenvalue weighted by Gasteiger charge is 2.15. The molecular weight excluding hydrogens is 390 g/mol. The Morgan fingerprint density at radius 2 is 1.90 bits per heavy atom. The monoisotopic (exact) mass is 407 g/mol. The summed E-state index contributed by atoms with van der Waals surface area (Å²) in [4.78, 5) is 25.5. The molecule has 1 aromatic carbocycles. The van der Waals surface area contributed by atoms with Gasteiger partial charge in [-0.15, -0.1) is 11.3 Å². The zero-order valence-electron chi connectivity index (χ0n) is 15.3. The number of aromatic nitrogens is 1. The lowest BCUT2D eigenvalue weighted by molar-refractivity contribution is -0.120. The van der Waals surface area contributed by atoms with E-state index in [0.29, 0.717) is 23.8 Å². The molecule has 8 heteroatoms. The lowest BCUT2D eigenvalue weighted by Crippen LogP contribution is -2.24. The molecule has 0 unspecified atom stereocenters. The molecule has 4 aromatic rings. The van der Waals surface area contributed by atoms with Crippen LogP contribution in [-0.2, 0) is 17.8 Å². The summed E-state index contributed by atoms with van der Waals surface area (Å²) in [5.74, 6) is 0.429. The average molecular weight is 407 g/mol. The first kappa shape index (κ1) is 18.7. The maximum Gasteiger partial charge on any atom is 0.277 e. The minimum Gasteiger partial charge on any atom is -0.461 e. The molecule has 0 aliphatic rings. The molecule has 0 fully saturated rings. The minimum atomic E-state index is -0.395. The third kappa shape index (κ3) is 4.80. The minimum absolute atomic E-state index is 0.0526. The largest absolute Gasteiger partial charge is 0.461 e. The van der Waals surface area contributed by atoms with Crippen LogP contribution in [0, 0.1) is 0 Å². The molecule has 0 saturated carbocycles. The first-order valence-electron chi connectivity index (χ1n) is 8.87. The van der Waals surface area contributed by atoms with Crippen LogP contribution in [-0.4, -0.2) is 17.0 Å². The van der Waals surface area contributed by atoms with Crippen LogP contribution in [0.4, 0.5) is 5.69 Å². The summed E-state index contributed by atoms with van der Waals surface area (Å²) >= 11 is 1.61. The summed E-state index contributed by atoms with van der Waals surface area (Å²) in [7, 11) is 0. The van der Waals surface area contributed by atoms with Crippen molar-refractivity contribution in [3.63, 3.8) is 0 Å². The van der Waals surface area contributed by atoms with E-state index in [-0.39, 0.29) is 18.0 Å². The van der Waals surface area contributed by atoms with Crippen LogP contribution in [0.5, 0.6) is 0 Å². The van der Waals surface area contributed by atoms with Crippen molar-refractivity contribution in [3.8, 4) is 11.5 Å². The van der Waals surface area contributed by atoms with E-state index in [4.69, 9.17) is 8.94 Å². The van der Waals surface area contributed by atoms with E-state index in [2.05, 4.69) is 15.8 Å². The lowest BCUT2D eigenvalue weighted by Gasteiger charge is -2.06. The normalized spacial score (nSPS) is 10.6. The molecule has 2 amide bonds. The molecule has 0 atom stereocenters. The molecule has 3 heterocycles. The highest BCUT2D eigenvalue weighted by atomic mass is 32.1. The van der Waals surface area contributed by atoms with Crippen molar-refractivity contribution in [1.82, 2.24) is 10.5 Å². The fourth-order valence-corrected chi connectivity index (χ4v) is 3.31. The fraction of sp³-hybridized carbons (Fsp3) is 0.0952. The van der Waals surface area contributed by atoms with E-state index < -0.39 is 5.91 Å². The standard InChI is InChI=1S/C21H17N3O4S/c25-20(22-13-16-3-2-10-29-16)11-14-5-7-15(8-6-14)23-21(26)17-12-19(28-24-17)18-4-1-9-27-18/h1-10,12H,11,13H2,(H,22,25)(H,23,26). The van der Waals surface area contributed by atoms with Crippen LogP contribution in [0.1, 0.15) is 20.9 Å². The van der Waals surface area contributed by atoms with E-state index in [1.165, 1.54) is 12.3 Å². The Hall–Kier alpha value is -3.65. The Morgan fingerprint density at radius 1 is 1.03 bits per heavy atom. The quantitative estimate of drug-likeness (QED) is 0.481. The molecule has 0 radical (unpaired) electrons. The number of carbonyl (C=O) groups is 2. The van der Waals surface area contributed by atoms with Crippen molar-refractivity contribution in [2.75, 3.05) is 5.32 Å². The van der Waals surface area contributed by atoms with E-state index >= 15 is 0 Å². The predicted octanol–water partition coefficient (Wildman–Crippen LogP) is 4.11. The van der Waals surface area contributed by atoms with Gasteiger partial charge in [-0.1, -0.05) is 23.4 Å². The van der Waals surface area contributed by atoms with Crippen LogP contribution >= 0.6 is 11.3 Å². The number of rotatable bonds is 7. The number of benzene rings is 1. The number of nitrogens with zero attached hydrogens (tertiary/aromatic N) is 1. The van der Waals surface area contributed by atoms with Crippen molar-refractivity contribution in [2.45, 2.75) is 13.0 Å². The molecule has 3 aromatic heterocycles. The number of furan rings is 1. The van der Waals surface area contributed by atoms with Crippen LogP contribution in [0.25, 0.3) is 11.5 Å². The summed E-state index contributed by atoms with van der Waals surface area (Å²) < 4.78 is 10.3. The van der Waals surface area contributed by atoms with Gasteiger partial charge in [-0.3, -0.25) is 9.59 Å². The van der Waals surface area contributed by atoms with E-state index in [1.807, 2.05) is 17.5 Å². The molecule has 146 valence electrons. The topological polar surface area (TPSA) is 97.4 Å². The first-order valence-corrected chi connectivity index (χ1v) is 9.75. The number of hydrogen-bond acceptors (Lipinski definition) is 6. The van der Waals surface area contributed by atoms with Gasteiger partial charge in [0.25, 0.3) is 5.91 Å². The van der Waals surface area contributed by atoms with Gasteiger partial charge in [-0.05, 0) is 41.3 Å². The summed E-state index contributed by atoms with van der Waals surface area (Å²) in [6, 6.07) is 16.0. The number of anilines is 1. The molecule has 29 heavy (non-hydrogen) atoms. The third-order valence-electron chi connectivity index (χ3n) is 4.12. The van der Waals surface area contributed by atoms with E-state index in [1.54, 1.807) is 47.7 Å². The van der Waals surface area contributed by atoms with Gasteiger partial charge in [0.05, 0.1) is 19.2 Å². The SMILES string of the molecule is O=C(Cc1ccc(NC(=O)c2cc(-c3ccco3)on2)cc1)NCc1cccs1. The van der Waals surface area contributed by atoms with E-state index in [0.717, 1.165) is 10.4 Å². The Kier molecular flexibility index (Phi) is 5.53. The number of carbonyl (C=O) groups excluding carboxylic acids is 2. The smallest absolute Gasteiger partial charge is 0.277 e. The second kappa shape index (κ2) is 8.57. The van der Waals surface area contributed by atoms with Crippen molar-refractivity contribution in [2.24, 2.45) is 0 Å². The average Bonchev–Trinajstić information content (AvgIpc) is 3.49. The van der Waals surface area contributed by atoms with E-state index in [9.17, 15) is 9.59 Å². The third-order valence-corrected chi connectivity index (χ3v) is 5.00. The second-order valence-electron chi connectivity index (χ2n) is 6.24. The van der Waals surface area contributed by atoms with Gasteiger partial charge in [0.1, 0.15) is 0 Å². The lowest BCUT2D eigenvalue weighted by atomic mass is 10.1. The number of hydrogen-bond donors (Lipinski definition) is 2. The van der Waals surface area contributed by atoms with Crippen molar-refractivity contribution >= 4 is 28.8 Å². The van der Waals surface area contributed by atoms with Crippen molar-refractivity contribution in [1.29, 1.82) is 0 Å². The summed E-state index contributed by atoms with van der Waals surface area (Å²) in [6.07, 6.45) is 1.79. The van der Waals surface area contributed by atoms with Gasteiger partial charge in [0.15, 0.2) is 11.5 Å². The Morgan fingerprint density at radius 3 is 2.62 bits per heavy atom. The Balaban J connectivity index is 1.31. The molecule has 7 nitrogen and oxygen atoms in total. The molecular formula is C21H17N3O4S. The molecule has 4 rings (SSSR count). The van der Waals surface area contributed by atoms with Crippen molar-refractivity contribution in [3.05, 3.63) is 82.4 Å². The van der Waals surface area contributed by atoms with Gasteiger partial charge in [-0.25, -0.2) is 0 Å². The van der Waals surface area contributed by atoms with Crippen LogP contribution in [0.15, 0.2) is 75.2 Å². The first-order chi connectivity index (χ1) is 14.2. The predicted molar refractivity (Wildman–Crippen MR) is 108 cm³/mol. The molecule has 0 bridgehead atoms. The van der Waals surface area contributed by atoms with Crippen LogP contribution < -0.4 is 10.6 Å². The Labute approximate surface area is 170 Å². The van der Waals surface area contributed by atoms with Gasteiger partial charge in [0, 0.05) is 16.6 Å². The number of thiophene rings is 1. The van der Waals surface area contributed by atoms with Gasteiger partial charge >= 0.3 is 0 Å². The van der Waals surface area contributed by atoms with Crippen LogP contribution in [0.3, 0.4) is 0 Å². The summed E-state index contributed by atoms with van der Waals surface area (Å²) in [6.45, 7) is 0.530. The van der Waals surface area contributed by atoms with Gasteiger partial charge < -0.3 is 19.6 Å². The second-order valence-corrected chi connectivity index (χ2v) is 7.27. The maximum absolute atomic E-state index is 12.3. The van der Waals surface area contributed by atoms with Gasteiger partial charge in [0.2, 0.25) is 11.7 Å². The molecule has 0 aliphatic carbocycles. The fourth-order valence-electron chi connectivity index (χ4n) is 2.66. The summed E-state index contributed by atoms with van der Waals surface area (Å²) in [5.41, 5.74) is 1.60. The van der Waals surface area contributed by atoms with Gasteiger partial charge in [-0.2, -0.15) is 0 Å². The molecule has 2 N–H and O–H groups in total. The Bertz CT molecular complexity index is 1080. The van der Waals surface area contributed by atoms with Crippen molar-refractivity contribution < 1.29 is 18.5 Å². The zero-order valence-corrected chi connectivity index (χ0v) is 16.1. The maximum atomic E-state index is 12.3. The highest BCUT2D eigenvalue weighted by molar-refractivity contribution is 7.09. The molecule has 0 saturated heterocycles.